The first-order valence-electron chi connectivity index (χ1n) is 6.37. The van der Waals surface area contributed by atoms with Crippen LogP contribution in [0.2, 0.25) is 0 Å². The van der Waals surface area contributed by atoms with E-state index in [1.54, 1.807) is 0 Å². The van der Waals surface area contributed by atoms with Gasteiger partial charge >= 0.3 is 0 Å². The van der Waals surface area contributed by atoms with Gasteiger partial charge in [0.1, 0.15) is 34.5 Å². The highest BCUT2D eigenvalue weighted by Crippen LogP contribution is 2.53. The van der Waals surface area contributed by atoms with E-state index in [1.807, 2.05) is 0 Å². The number of allylic oxidation sites excluding steroid dienone is 2. The molecule has 1 aliphatic heterocycles. The van der Waals surface area contributed by atoms with Gasteiger partial charge in [0.15, 0.2) is 17.3 Å². The Bertz CT molecular complexity index is 756. The largest absolute Gasteiger partial charge is 0.507 e. The van der Waals surface area contributed by atoms with Crippen molar-refractivity contribution in [2.45, 2.75) is 26.2 Å². The predicted molar refractivity (Wildman–Crippen MR) is 70.6 cm³/mol. The third-order valence-electron chi connectivity index (χ3n) is 3.79. The normalized spacial score (nSPS) is 19.7. The van der Waals surface area contributed by atoms with E-state index in [1.165, 1.54) is 19.9 Å². The van der Waals surface area contributed by atoms with Crippen LogP contribution in [0.15, 0.2) is 11.8 Å². The lowest BCUT2D eigenvalue weighted by atomic mass is 9.84. The maximum absolute atomic E-state index is 12.1. The first-order chi connectivity index (χ1) is 9.82. The maximum atomic E-state index is 12.1. The molecule has 0 aromatic heterocycles. The van der Waals surface area contributed by atoms with Gasteiger partial charge in [0.05, 0.1) is 12.0 Å². The van der Waals surface area contributed by atoms with Crippen molar-refractivity contribution in [1.29, 1.82) is 0 Å². The average Bonchev–Trinajstić information content (AvgIpc) is 2.74. The number of ketones is 3. The molecule has 6 nitrogen and oxygen atoms in total. The zero-order chi connectivity index (χ0) is 15.5. The molecule has 6 heteroatoms. The summed E-state index contributed by atoms with van der Waals surface area (Å²) >= 11 is 0. The van der Waals surface area contributed by atoms with Crippen molar-refractivity contribution >= 4 is 17.3 Å². The lowest BCUT2D eigenvalue weighted by molar-refractivity contribution is -0.126. The molecule has 0 amide bonds. The SMILES string of the molecule is CC(=O)c1c(O)c(C)c(O)c2c1OC1=CC(=O)CC(=O)C12. The highest BCUT2D eigenvalue weighted by molar-refractivity contribution is 6.13. The molecular formula is C15H12O6. The lowest BCUT2D eigenvalue weighted by Crippen LogP contribution is -2.21. The predicted octanol–water partition coefficient (Wildman–Crippen LogP) is 1.51. The quantitative estimate of drug-likeness (QED) is 0.600. The minimum absolute atomic E-state index is 0.0394. The highest BCUT2D eigenvalue weighted by atomic mass is 16.5. The fourth-order valence-electron chi connectivity index (χ4n) is 2.79. The minimum atomic E-state index is -0.893. The molecule has 0 spiro atoms. The van der Waals surface area contributed by atoms with Crippen LogP contribution in [0.1, 0.15) is 40.7 Å². The van der Waals surface area contributed by atoms with Crippen molar-refractivity contribution < 1.29 is 29.3 Å². The summed E-state index contributed by atoms with van der Waals surface area (Å²) in [5.41, 5.74) is 0.170. The standard InChI is InChI=1S/C15H12O6/c1-5-13(19)10(6(2)16)15-12(14(5)20)11-8(18)3-7(17)4-9(11)21-15/h4,11,19-20H,3H2,1-2H3. The van der Waals surface area contributed by atoms with Gasteiger partial charge in [0.25, 0.3) is 0 Å². The van der Waals surface area contributed by atoms with Crippen LogP contribution in [0.3, 0.4) is 0 Å². The van der Waals surface area contributed by atoms with E-state index in [4.69, 9.17) is 4.74 Å². The molecule has 0 bridgehead atoms. The third kappa shape index (κ3) is 1.68. The molecule has 1 unspecified atom stereocenters. The number of phenols is 2. The first-order valence-corrected chi connectivity index (χ1v) is 6.37. The zero-order valence-corrected chi connectivity index (χ0v) is 11.4. The van der Waals surface area contributed by atoms with Crippen LogP contribution in [0.4, 0.5) is 0 Å². The molecule has 21 heavy (non-hydrogen) atoms. The molecule has 3 rings (SSSR count). The third-order valence-corrected chi connectivity index (χ3v) is 3.79. The van der Waals surface area contributed by atoms with Crippen molar-refractivity contribution in [2.75, 3.05) is 0 Å². The summed E-state index contributed by atoms with van der Waals surface area (Å²) < 4.78 is 5.44. The summed E-state index contributed by atoms with van der Waals surface area (Å²) in [7, 11) is 0. The van der Waals surface area contributed by atoms with E-state index in [0.29, 0.717) is 0 Å². The van der Waals surface area contributed by atoms with Crippen LogP contribution < -0.4 is 4.74 Å². The van der Waals surface area contributed by atoms with E-state index in [-0.39, 0.29) is 51.9 Å². The van der Waals surface area contributed by atoms with Gasteiger partial charge in [-0.15, -0.1) is 0 Å². The average molecular weight is 288 g/mol. The highest BCUT2D eigenvalue weighted by Gasteiger charge is 2.44. The summed E-state index contributed by atoms with van der Waals surface area (Å²) in [5.74, 6) is -2.74. The Morgan fingerprint density at radius 2 is 1.95 bits per heavy atom. The fourth-order valence-corrected chi connectivity index (χ4v) is 2.79. The minimum Gasteiger partial charge on any atom is -0.507 e. The number of fused-ring (bicyclic) bond motifs is 3. The number of rotatable bonds is 1. The number of ether oxygens (including phenoxy) is 1. The molecule has 1 atom stereocenters. The molecule has 108 valence electrons. The molecule has 0 fully saturated rings. The van der Waals surface area contributed by atoms with E-state index in [2.05, 4.69) is 0 Å². The molecule has 1 aromatic rings. The molecule has 1 aliphatic carbocycles. The Morgan fingerprint density at radius 1 is 1.29 bits per heavy atom. The molecule has 1 aromatic carbocycles. The van der Waals surface area contributed by atoms with Gasteiger partial charge in [-0.3, -0.25) is 14.4 Å². The number of phenolic OH excluding ortho intramolecular Hbond substituents is 2. The van der Waals surface area contributed by atoms with E-state index < -0.39 is 17.5 Å². The van der Waals surface area contributed by atoms with Gasteiger partial charge in [-0.25, -0.2) is 0 Å². The Kier molecular flexibility index (Phi) is 2.66. The van der Waals surface area contributed by atoms with Crippen LogP contribution in [0.5, 0.6) is 17.2 Å². The van der Waals surface area contributed by atoms with Gasteiger partial charge in [0.2, 0.25) is 0 Å². The second kappa shape index (κ2) is 4.18. The van der Waals surface area contributed by atoms with Crippen molar-refractivity contribution in [3.05, 3.63) is 28.5 Å². The topological polar surface area (TPSA) is 101 Å². The number of hydrogen-bond acceptors (Lipinski definition) is 6. The maximum Gasteiger partial charge on any atom is 0.167 e. The van der Waals surface area contributed by atoms with Crippen molar-refractivity contribution in [1.82, 2.24) is 0 Å². The zero-order valence-electron chi connectivity index (χ0n) is 11.4. The lowest BCUT2D eigenvalue weighted by Gasteiger charge is -2.15. The van der Waals surface area contributed by atoms with Crippen LogP contribution in [0, 0.1) is 6.92 Å². The summed E-state index contributed by atoms with van der Waals surface area (Å²) in [5, 5.41) is 20.2. The Morgan fingerprint density at radius 3 is 2.57 bits per heavy atom. The Balaban J connectivity index is 2.36. The van der Waals surface area contributed by atoms with Gasteiger partial charge in [-0.05, 0) is 13.8 Å². The summed E-state index contributed by atoms with van der Waals surface area (Å²) in [6.07, 6.45) is 0.924. The smallest absolute Gasteiger partial charge is 0.167 e. The number of Topliss-reactive ketones (excluding diaryl/α,β-unsaturated/α-hetero) is 2. The second-order valence-corrected chi connectivity index (χ2v) is 5.19. The van der Waals surface area contributed by atoms with E-state index in [9.17, 15) is 24.6 Å². The van der Waals surface area contributed by atoms with Crippen molar-refractivity contribution in [3.8, 4) is 17.2 Å². The molecular weight excluding hydrogens is 276 g/mol. The van der Waals surface area contributed by atoms with Gasteiger partial charge in [0, 0.05) is 11.6 Å². The van der Waals surface area contributed by atoms with Crippen LogP contribution in [-0.4, -0.2) is 27.6 Å². The van der Waals surface area contributed by atoms with Crippen molar-refractivity contribution in [2.24, 2.45) is 0 Å². The van der Waals surface area contributed by atoms with Gasteiger partial charge < -0.3 is 14.9 Å². The Labute approximate surface area is 119 Å². The summed E-state index contributed by atoms with van der Waals surface area (Å²) in [6, 6.07) is 0. The molecule has 0 saturated heterocycles. The molecule has 0 radical (unpaired) electrons. The van der Waals surface area contributed by atoms with Crippen LogP contribution >= 0.6 is 0 Å². The summed E-state index contributed by atoms with van der Waals surface area (Å²) in [4.78, 5) is 35.3. The molecule has 2 aliphatic rings. The fraction of sp³-hybridized carbons (Fsp3) is 0.267. The Hall–Kier alpha value is -2.63. The van der Waals surface area contributed by atoms with Gasteiger partial charge in [-0.1, -0.05) is 0 Å². The number of aromatic hydroxyl groups is 2. The number of carbonyl (C=O) groups is 3. The molecule has 2 N–H and O–H groups in total. The van der Waals surface area contributed by atoms with E-state index >= 15 is 0 Å². The molecule has 1 heterocycles. The number of carbonyl (C=O) groups excluding carboxylic acids is 3. The van der Waals surface area contributed by atoms with Crippen molar-refractivity contribution in [3.63, 3.8) is 0 Å². The van der Waals surface area contributed by atoms with Crippen LogP contribution in [0.25, 0.3) is 0 Å². The van der Waals surface area contributed by atoms with E-state index in [0.717, 1.165) is 0 Å². The first kappa shape index (κ1) is 13.4. The second-order valence-electron chi connectivity index (χ2n) is 5.19. The molecule has 0 saturated carbocycles. The monoisotopic (exact) mass is 288 g/mol. The van der Waals surface area contributed by atoms with Crippen LogP contribution in [-0.2, 0) is 9.59 Å². The number of benzene rings is 1. The number of hydrogen-bond donors (Lipinski definition) is 2. The summed E-state index contributed by atoms with van der Waals surface area (Å²) in [6.45, 7) is 2.69. The van der Waals surface area contributed by atoms with Gasteiger partial charge in [-0.2, -0.15) is 0 Å².